The van der Waals surface area contributed by atoms with Gasteiger partial charge in [-0.2, -0.15) is 0 Å². The first-order chi connectivity index (χ1) is 16.0. The van der Waals surface area contributed by atoms with Gasteiger partial charge in [-0.1, -0.05) is 112 Å². The summed E-state index contributed by atoms with van der Waals surface area (Å²) in [6.45, 7) is 4.47. The number of nitrogens with zero attached hydrogens (tertiary/aromatic N) is 1. The Labute approximate surface area is 218 Å². The van der Waals surface area contributed by atoms with Gasteiger partial charge in [0.15, 0.2) is 0 Å². The Kier molecular flexibility index (Phi) is 17.3. The smallest absolute Gasteiger partial charge is 0.258 e. The third-order valence-electron chi connectivity index (χ3n) is 5.76. The second kappa shape index (κ2) is 19.1. The van der Waals surface area contributed by atoms with E-state index >= 15 is 0 Å². The van der Waals surface area contributed by atoms with E-state index in [0.717, 1.165) is 18.4 Å². The van der Waals surface area contributed by atoms with E-state index in [9.17, 15) is 10.1 Å². The number of nitro benzene ring substituents is 1. The first-order valence-electron chi connectivity index (χ1n) is 12.6. The summed E-state index contributed by atoms with van der Waals surface area (Å²) in [4.78, 5) is 10.5. The molecule has 0 heterocycles. The fourth-order valence-electron chi connectivity index (χ4n) is 3.72. The molecule has 0 saturated carbocycles. The highest BCUT2D eigenvalue weighted by atomic mass is 79.9. The number of hydrogen-bond acceptors (Lipinski definition) is 2. The Hall–Kier alpha value is -1.20. The summed E-state index contributed by atoms with van der Waals surface area (Å²) in [5.74, 6) is 0. The zero-order valence-corrected chi connectivity index (χ0v) is 23.6. The van der Waals surface area contributed by atoms with Gasteiger partial charge in [-0.25, -0.2) is 0 Å². The minimum atomic E-state index is -0.338. The molecule has 0 unspecified atom stereocenters. The molecule has 0 N–H and O–H groups in total. The number of rotatable bonds is 15. The van der Waals surface area contributed by atoms with Gasteiger partial charge >= 0.3 is 0 Å². The van der Waals surface area contributed by atoms with Gasteiger partial charge in [0.2, 0.25) is 0 Å². The predicted octanol–water partition coefficient (Wildman–Crippen LogP) is 10.6. The van der Waals surface area contributed by atoms with Gasteiger partial charge in [0, 0.05) is 10.5 Å². The van der Waals surface area contributed by atoms with Gasteiger partial charge in [0.05, 0.1) is 9.40 Å². The van der Waals surface area contributed by atoms with Crippen molar-refractivity contribution in [2.75, 3.05) is 0 Å². The van der Waals surface area contributed by atoms with Crippen LogP contribution in [-0.2, 0) is 12.8 Å². The maximum atomic E-state index is 10.8. The lowest BCUT2D eigenvalue weighted by Crippen LogP contribution is -1.92. The molecule has 0 aromatic heterocycles. The highest BCUT2D eigenvalue weighted by molar-refractivity contribution is 9.10. The largest absolute Gasteiger partial charge is 0.283 e. The van der Waals surface area contributed by atoms with E-state index in [2.05, 4.69) is 70.0 Å². The van der Waals surface area contributed by atoms with Gasteiger partial charge in [-0.05, 0) is 70.9 Å². The minimum Gasteiger partial charge on any atom is -0.258 e. The third kappa shape index (κ3) is 14.6. The van der Waals surface area contributed by atoms with Crippen molar-refractivity contribution in [2.45, 2.75) is 104 Å². The van der Waals surface area contributed by atoms with Crippen LogP contribution in [0.2, 0.25) is 0 Å². The molecule has 0 aliphatic carbocycles. The maximum Gasteiger partial charge on any atom is 0.283 e. The molecule has 2 aromatic rings. The van der Waals surface area contributed by atoms with Crippen LogP contribution in [0.3, 0.4) is 0 Å². The lowest BCUT2D eigenvalue weighted by Gasteiger charge is -2.03. The van der Waals surface area contributed by atoms with Crippen LogP contribution in [0.15, 0.2) is 51.4 Å². The summed E-state index contributed by atoms with van der Waals surface area (Å²) >= 11 is 6.66. The van der Waals surface area contributed by atoms with Crippen LogP contribution in [-0.4, -0.2) is 4.92 Å². The molecule has 3 nitrogen and oxygen atoms in total. The van der Waals surface area contributed by atoms with Crippen LogP contribution in [0, 0.1) is 10.1 Å². The predicted molar refractivity (Wildman–Crippen MR) is 149 cm³/mol. The molecule has 0 aliphatic heterocycles. The second-order valence-corrected chi connectivity index (χ2v) is 10.5. The van der Waals surface area contributed by atoms with E-state index in [4.69, 9.17) is 0 Å². The molecular formula is C28H41Br2NO2. The summed E-state index contributed by atoms with van der Waals surface area (Å²) < 4.78 is 1.73. The van der Waals surface area contributed by atoms with Crippen molar-refractivity contribution < 1.29 is 4.92 Å². The lowest BCUT2D eigenvalue weighted by atomic mass is 10.0. The summed E-state index contributed by atoms with van der Waals surface area (Å²) in [7, 11) is 0. The molecule has 0 radical (unpaired) electrons. The third-order valence-corrected chi connectivity index (χ3v) is 6.96. The maximum absolute atomic E-state index is 10.8. The molecular weight excluding hydrogens is 542 g/mol. The lowest BCUT2D eigenvalue weighted by molar-refractivity contribution is -0.385. The number of aryl methyl sites for hydroxylation is 2. The topological polar surface area (TPSA) is 43.1 Å². The quantitative estimate of drug-likeness (QED) is 0.119. The van der Waals surface area contributed by atoms with Gasteiger partial charge in [-0.3, -0.25) is 10.1 Å². The van der Waals surface area contributed by atoms with Crippen molar-refractivity contribution in [1.82, 2.24) is 0 Å². The first-order valence-corrected chi connectivity index (χ1v) is 14.2. The molecule has 0 saturated heterocycles. The van der Waals surface area contributed by atoms with Gasteiger partial charge in [-0.15, -0.1) is 0 Å². The Balaban J connectivity index is 0.000000335. The van der Waals surface area contributed by atoms with E-state index in [0.29, 0.717) is 4.47 Å². The number of nitro groups is 1. The zero-order chi connectivity index (χ0) is 24.3. The Bertz CT molecular complexity index is 778. The van der Waals surface area contributed by atoms with E-state index in [1.807, 2.05) is 6.07 Å². The van der Waals surface area contributed by atoms with Crippen molar-refractivity contribution in [1.29, 1.82) is 0 Å². The van der Waals surface area contributed by atoms with E-state index < -0.39 is 0 Å². The van der Waals surface area contributed by atoms with Crippen molar-refractivity contribution in [3.05, 3.63) is 72.7 Å². The van der Waals surface area contributed by atoms with E-state index in [1.165, 1.54) is 87.1 Å². The zero-order valence-electron chi connectivity index (χ0n) is 20.5. The average Bonchev–Trinajstić information content (AvgIpc) is 2.81. The molecule has 0 spiro atoms. The van der Waals surface area contributed by atoms with Crippen LogP contribution in [0.4, 0.5) is 5.69 Å². The van der Waals surface area contributed by atoms with Crippen molar-refractivity contribution in [3.8, 4) is 0 Å². The summed E-state index contributed by atoms with van der Waals surface area (Å²) in [6, 6.07) is 14.1. The van der Waals surface area contributed by atoms with Crippen molar-refractivity contribution in [2.24, 2.45) is 0 Å². The van der Waals surface area contributed by atoms with E-state index in [-0.39, 0.29) is 10.6 Å². The second-order valence-electron chi connectivity index (χ2n) is 8.70. The Morgan fingerprint density at radius 2 is 1.12 bits per heavy atom. The summed E-state index contributed by atoms with van der Waals surface area (Å²) in [6.07, 6.45) is 17.9. The fraction of sp³-hybridized carbons (Fsp3) is 0.571. The fourth-order valence-corrected chi connectivity index (χ4v) is 4.38. The molecule has 2 rings (SSSR count). The van der Waals surface area contributed by atoms with Crippen LogP contribution in [0.5, 0.6) is 0 Å². The monoisotopic (exact) mass is 581 g/mol. The summed E-state index contributed by atoms with van der Waals surface area (Å²) in [5, 5.41) is 10.8. The SMILES string of the molecule is CCCCCCCCc1ccc(Br)c([N+](=O)[O-])c1.CCCCCCCCc1ccc(Br)cc1. The normalized spacial score (nSPS) is 10.5. The molecule has 0 fully saturated rings. The van der Waals surface area contributed by atoms with Crippen LogP contribution in [0.1, 0.15) is 102 Å². The molecule has 0 bridgehead atoms. The Morgan fingerprint density at radius 3 is 1.64 bits per heavy atom. The molecule has 33 heavy (non-hydrogen) atoms. The number of benzene rings is 2. The van der Waals surface area contributed by atoms with E-state index in [1.54, 1.807) is 12.1 Å². The number of halogens is 2. The molecule has 0 aliphatic rings. The Morgan fingerprint density at radius 1 is 0.667 bits per heavy atom. The highest BCUT2D eigenvalue weighted by Crippen LogP contribution is 2.26. The van der Waals surface area contributed by atoms with Gasteiger partial charge in [0.1, 0.15) is 0 Å². The standard InChI is InChI=1S/C14H20BrNO2.C14H21Br/c1-2-3-4-5-6-7-8-12-9-10-13(15)14(11-12)16(17)18;1-2-3-4-5-6-7-8-13-9-11-14(15)12-10-13/h9-11H,2-8H2,1H3;9-12H,2-8H2,1H3. The van der Waals surface area contributed by atoms with Crippen molar-refractivity contribution >= 4 is 37.5 Å². The number of hydrogen-bond donors (Lipinski definition) is 0. The van der Waals surface area contributed by atoms with Crippen LogP contribution in [0.25, 0.3) is 0 Å². The van der Waals surface area contributed by atoms with Gasteiger partial charge in [0.25, 0.3) is 5.69 Å². The van der Waals surface area contributed by atoms with Crippen molar-refractivity contribution in [3.63, 3.8) is 0 Å². The highest BCUT2D eigenvalue weighted by Gasteiger charge is 2.11. The molecule has 0 amide bonds. The molecule has 2 aromatic carbocycles. The van der Waals surface area contributed by atoms with Crippen LogP contribution < -0.4 is 0 Å². The molecule has 184 valence electrons. The first kappa shape index (κ1) is 29.8. The molecule has 0 atom stereocenters. The number of unbranched alkanes of at least 4 members (excludes halogenated alkanes) is 10. The minimum absolute atomic E-state index is 0.165. The van der Waals surface area contributed by atoms with Gasteiger partial charge < -0.3 is 0 Å². The molecule has 5 heteroatoms. The van der Waals surface area contributed by atoms with Crippen LogP contribution >= 0.6 is 31.9 Å². The average molecular weight is 583 g/mol. The summed E-state index contributed by atoms with van der Waals surface area (Å²) in [5.41, 5.74) is 2.69.